The number of hydrogen-bond acceptors (Lipinski definition) is 7. The molecule has 0 saturated carbocycles. The molecule has 1 aliphatic rings. The molecule has 0 aromatic heterocycles. The Balaban J connectivity index is 1.62. The van der Waals surface area contributed by atoms with Crippen molar-refractivity contribution in [3.8, 4) is 5.75 Å². The second-order valence-electron chi connectivity index (χ2n) is 8.57. The van der Waals surface area contributed by atoms with Gasteiger partial charge in [-0.1, -0.05) is 42.5 Å². The predicted octanol–water partition coefficient (Wildman–Crippen LogP) is 2.07. The molecule has 1 atom stereocenters. The van der Waals surface area contributed by atoms with Gasteiger partial charge in [0.2, 0.25) is 12.7 Å². The molecule has 2 aromatic carbocycles. The molecule has 32 heavy (non-hydrogen) atoms. The van der Waals surface area contributed by atoms with Crippen LogP contribution in [-0.2, 0) is 31.9 Å². The van der Waals surface area contributed by atoms with Crippen LogP contribution in [0.2, 0.25) is 0 Å². The van der Waals surface area contributed by atoms with E-state index in [1.54, 1.807) is 32.9 Å². The molecule has 1 aliphatic heterocycles. The van der Waals surface area contributed by atoms with Crippen molar-refractivity contribution in [2.24, 2.45) is 5.41 Å². The molecule has 0 bridgehead atoms. The molecule has 0 fully saturated rings. The van der Waals surface area contributed by atoms with Crippen LogP contribution in [0.25, 0.3) is 0 Å². The van der Waals surface area contributed by atoms with E-state index in [1.807, 2.05) is 30.3 Å². The number of ether oxygens (including phenoxy) is 2. The van der Waals surface area contributed by atoms with Gasteiger partial charge in [0.15, 0.2) is 0 Å². The summed E-state index contributed by atoms with van der Waals surface area (Å²) >= 11 is 0. The number of para-hydroxylation sites is 1. The highest BCUT2D eigenvalue weighted by molar-refractivity contribution is 6.47. The fraction of sp³-hybridized carbons (Fsp3) is 0.348. The van der Waals surface area contributed by atoms with Crippen molar-refractivity contribution in [2.75, 3.05) is 6.79 Å². The zero-order chi connectivity index (χ0) is 23.3. The molecule has 0 spiro atoms. The zero-order valence-corrected chi connectivity index (χ0v) is 18.3. The Bertz CT molecular complexity index is 988. The van der Waals surface area contributed by atoms with Crippen molar-refractivity contribution >= 4 is 25.0 Å². The molecule has 8 nitrogen and oxygen atoms in total. The molecule has 2 aromatic rings. The van der Waals surface area contributed by atoms with Gasteiger partial charge in [-0.3, -0.25) is 9.59 Å². The molecule has 1 amide bonds. The highest BCUT2D eigenvalue weighted by atomic mass is 16.7. The Morgan fingerprint density at radius 3 is 2.50 bits per heavy atom. The number of benzene rings is 2. The van der Waals surface area contributed by atoms with E-state index in [4.69, 9.17) is 14.1 Å². The molecule has 0 radical (unpaired) electrons. The molecule has 0 aliphatic carbocycles. The second-order valence-corrected chi connectivity index (χ2v) is 8.57. The SMILES string of the molecule is CC(C)(C)C(=O)OCOC(=O)c1cccc2c1OB(O)[C@@H](NC(=O)Cc1ccccc1)C2. The summed E-state index contributed by atoms with van der Waals surface area (Å²) < 4.78 is 15.6. The van der Waals surface area contributed by atoms with Crippen molar-refractivity contribution in [1.29, 1.82) is 0 Å². The fourth-order valence-electron chi connectivity index (χ4n) is 3.18. The van der Waals surface area contributed by atoms with Gasteiger partial charge in [-0.15, -0.1) is 0 Å². The summed E-state index contributed by atoms with van der Waals surface area (Å²) in [7, 11) is -1.34. The Hall–Kier alpha value is -3.33. The Labute approximate surface area is 187 Å². The molecular formula is C23H26BNO7. The molecule has 2 N–H and O–H groups in total. The number of fused-ring (bicyclic) bond motifs is 1. The van der Waals surface area contributed by atoms with Crippen molar-refractivity contribution in [3.63, 3.8) is 0 Å². The number of carbonyl (C=O) groups is 3. The van der Waals surface area contributed by atoms with E-state index in [-0.39, 0.29) is 30.1 Å². The van der Waals surface area contributed by atoms with Gasteiger partial charge in [0.1, 0.15) is 11.3 Å². The summed E-state index contributed by atoms with van der Waals surface area (Å²) in [6, 6.07) is 14.2. The Morgan fingerprint density at radius 2 is 1.81 bits per heavy atom. The first-order valence-corrected chi connectivity index (χ1v) is 10.3. The second kappa shape index (κ2) is 9.87. The minimum atomic E-state index is -1.34. The average Bonchev–Trinajstić information content (AvgIpc) is 2.73. The maximum Gasteiger partial charge on any atom is 0.547 e. The molecule has 1 heterocycles. The normalized spacial score (nSPS) is 15.2. The Morgan fingerprint density at radius 1 is 1.09 bits per heavy atom. The monoisotopic (exact) mass is 439 g/mol. The van der Waals surface area contributed by atoms with Crippen LogP contribution < -0.4 is 9.97 Å². The van der Waals surface area contributed by atoms with Gasteiger partial charge in [0.25, 0.3) is 0 Å². The van der Waals surface area contributed by atoms with Gasteiger partial charge in [0, 0.05) is 0 Å². The predicted molar refractivity (Wildman–Crippen MR) is 117 cm³/mol. The highest BCUT2D eigenvalue weighted by Crippen LogP contribution is 2.30. The third-order valence-corrected chi connectivity index (χ3v) is 4.89. The lowest BCUT2D eigenvalue weighted by atomic mass is 9.72. The van der Waals surface area contributed by atoms with E-state index in [0.717, 1.165) is 5.56 Å². The van der Waals surface area contributed by atoms with E-state index in [9.17, 15) is 19.4 Å². The van der Waals surface area contributed by atoms with Gasteiger partial charge in [0.05, 0.1) is 17.8 Å². The molecule has 9 heteroatoms. The lowest BCUT2D eigenvalue weighted by Crippen LogP contribution is -2.53. The lowest BCUT2D eigenvalue weighted by Gasteiger charge is -2.29. The lowest BCUT2D eigenvalue weighted by molar-refractivity contribution is -0.161. The summed E-state index contributed by atoms with van der Waals surface area (Å²) in [5, 5.41) is 13.2. The first-order valence-electron chi connectivity index (χ1n) is 10.3. The van der Waals surface area contributed by atoms with Gasteiger partial charge >= 0.3 is 19.1 Å². The summed E-state index contributed by atoms with van der Waals surface area (Å²) in [5.74, 6) is -1.98. The van der Waals surface area contributed by atoms with Crippen LogP contribution in [-0.4, -0.2) is 42.7 Å². The van der Waals surface area contributed by atoms with Crippen LogP contribution in [0.15, 0.2) is 48.5 Å². The molecule has 0 unspecified atom stereocenters. The van der Waals surface area contributed by atoms with Crippen LogP contribution in [0.4, 0.5) is 0 Å². The first-order chi connectivity index (χ1) is 15.1. The minimum absolute atomic E-state index is 0.0995. The summed E-state index contributed by atoms with van der Waals surface area (Å²) in [6.07, 6.45) is 0.452. The average molecular weight is 439 g/mol. The highest BCUT2D eigenvalue weighted by Gasteiger charge is 2.38. The number of rotatable bonds is 6. The van der Waals surface area contributed by atoms with E-state index in [2.05, 4.69) is 5.32 Å². The van der Waals surface area contributed by atoms with Gasteiger partial charge < -0.3 is 24.5 Å². The molecule has 0 saturated heterocycles. The number of amides is 1. The van der Waals surface area contributed by atoms with E-state index >= 15 is 0 Å². The van der Waals surface area contributed by atoms with E-state index in [0.29, 0.717) is 5.56 Å². The van der Waals surface area contributed by atoms with Crippen LogP contribution in [0, 0.1) is 5.41 Å². The zero-order valence-electron chi connectivity index (χ0n) is 18.3. The fourth-order valence-corrected chi connectivity index (χ4v) is 3.18. The first kappa shape index (κ1) is 23.3. The molecule has 3 rings (SSSR count). The maximum atomic E-state index is 12.5. The van der Waals surface area contributed by atoms with Crippen molar-refractivity contribution in [1.82, 2.24) is 5.32 Å². The minimum Gasteiger partial charge on any atom is -0.534 e. The number of hydrogen-bond donors (Lipinski definition) is 2. The third-order valence-electron chi connectivity index (χ3n) is 4.89. The topological polar surface area (TPSA) is 111 Å². The van der Waals surface area contributed by atoms with Gasteiger partial charge in [-0.2, -0.15) is 0 Å². The molecule has 168 valence electrons. The number of esters is 2. The van der Waals surface area contributed by atoms with Crippen molar-refractivity contribution in [3.05, 3.63) is 65.2 Å². The number of nitrogens with one attached hydrogen (secondary N) is 1. The standard InChI is InChI=1S/C23H26BNO7/c1-23(2,3)22(28)31-14-30-21(27)17-11-7-10-16-13-18(24(29)32-20(16)17)25-19(26)12-15-8-5-4-6-9-15/h4-11,18,29H,12-14H2,1-3H3,(H,25,26)/t18-/m0/s1. The van der Waals surface area contributed by atoms with E-state index < -0.39 is 37.2 Å². The van der Waals surface area contributed by atoms with Crippen molar-refractivity contribution < 1.29 is 33.5 Å². The smallest absolute Gasteiger partial charge is 0.534 e. The summed E-state index contributed by atoms with van der Waals surface area (Å²) in [4.78, 5) is 36.6. The quantitative estimate of drug-likeness (QED) is 0.403. The molecular weight excluding hydrogens is 413 g/mol. The largest absolute Gasteiger partial charge is 0.547 e. The van der Waals surface area contributed by atoms with E-state index in [1.165, 1.54) is 6.07 Å². The Kier molecular flexibility index (Phi) is 7.20. The third kappa shape index (κ3) is 5.88. The van der Waals surface area contributed by atoms with Crippen LogP contribution in [0.5, 0.6) is 5.75 Å². The van der Waals surface area contributed by atoms with Crippen LogP contribution >= 0.6 is 0 Å². The van der Waals surface area contributed by atoms with Gasteiger partial charge in [-0.05, 0) is 44.4 Å². The maximum absolute atomic E-state index is 12.5. The van der Waals surface area contributed by atoms with Crippen LogP contribution in [0.1, 0.15) is 42.3 Å². The summed E-state index contributed by atoms with van der Waals surface area (Å²) in [6.45, 7) is 4.54. The number of carbonyl (C=O) groups excluding carboxylic acids is 3. The van der Waals surface area contributed by atoms with Gasteiger partial charge in [-0.25, -0.2) is 4.79 Å². The summed E-state index contributed by atoms with van der Waals surface area (Å²) in [5.41, 5.74) is 0.878. The van der Waals surface area contributed by atoms with Crippen LogP contribution in [0.3, 0.4) is 0 Å². The van der Waals surface area contributed by atoms with Crippen molar-refractivity contribution in [2.45, 2.75) is 39.6 Å².